The Hall–Kier alpha value is -1.56. The molecule has 1 aliphatic rings. The Bertz CT molecular complexity index is 505. The summed E-state index contributed by atoms with van der Waals surface area (Å²) < 4.78 is 5.72. The summed E-state index contributed by atoms with van der Waals surface area (Å²) in [5, 5.41) is 9.21. The maximum absolute atomic E-state index is 11.6. The van der Waals surface area contributed by atoms with Gasteiger partial charge in [-0.25, -0.2) is 9.59 Å². The molecule has 0 bridgehead atoms. The smallest absolute Gasteiger partial charge is 0.411 e. The zero-order valence-corrected chi connectivity index (χ0v) is 11.3. The Morgan fingerprint density at radius 1 is 1.61 bits per heavy atom. The summed E-state index contributed by atoms with van der Waals surface area (Å²) >= 11 is 3.33. The first-order valence-corrected chi connectivity index (χ1v) is 6.15. The number of carbonyl (C=O) groups is 2. The molecule has 0 saturated carbocycles. The summed E-state index contributed by atoms with van der Waals surface area (Å²) in [6, 6.07) is 7.37. The van der Waals surface area contributed by atoms with E-state index in [2.05, 4.69) is 15.9 Å². The highest BCUT2D eigenvalue weighted by Gasteiger charge is 2.49. The number of hydrogen-bond donors (Lipinski definition) is 1. The average Bonchev–Trinajstić information content (AvgIpc) is 2.59. The van der Waals surface area contributed by atoms with Crippen LogP contribution in [0.4, 0.5) is 4.79 Å². The van der Waals surface area contributed by atoms with Crippen LogP contribution in [0, 0.1) is 0 Å². The van der Waals surface area contributed by atoms with E-state index in [0.29, 0.717) is 0 Å². The van der Waals surface area contributed by atoms with Crippen LogP contribution in [0.3, 0.4) is 0 Å². The number of benzene rings is 1. The van der Waals surface area contributed by atoms with Crippen molar-refractivity contribution in [1.29, 1.82) is 0 Å². The van der Waals surface area contributed by atoms with Crippen molar-refractivity contribution in [3.8, 4) is 0 Å². The first-order chi connectivity index (χ1) is 8.43. The summed E-state index contributed by atoms with van der Waals surface area (Å²) in [6.07, 6.45) is -0.597. The highest BCUT2D eigenvalue weighted by molar-refractivity contribution is 9.10. The van der Waals surface area contributed by atoms with Gasteiger partial charge in [-0.15, -0.1) is 0 Å². The number of nitrogens with zero attached hydrogens (tertiary/aromatic N) is 1. The number of carboxylic acids is 1. The van der Waals surface area contributed by atoms with Crippen LogP contribution in [0.5, 0.6) is 0 Å². The van der Waals surface area contributed by atoms with Gasteiger partial charge >= 0.3 is 12.1 Å². The van der Waals surface area contributed by atoms with Gasteiger partial charge in [0.05, 0.1) is 6.54 Å². The topological polar surface area (TPSA) is 66.8 Å². The van der Waals surface area contributed by atoms with Gasteiger partial charge in [-0.1, -0.05) is 28.1 Å². The molecule has 1 N–H and O–H groups in total. The SMILES string of the molecule is CC1(C(=O)O)COC(=O)N1Cc1cccc(Br)c1. The summed E-state index contributed by atoms with van der Waals surface area (Å²) in [7, 11) is 0. The summed E-state index contributed by atoms with van der Waals surface area (Å²) in [4.78, 5) is 24.1. The Morgan fingerprint density at radius 2 is 2.33 bits per heavy atom. The van der Waals surface area contributed by atoms with E-state index < -0.39 is 17.6 Å². The van der Waals surface area contributed by atoms with Crippen LogP contribution in [0.2, 0.25) is 0 Å². The maximum atomic E-state index is 11.6. The highest BCUT2D eigenvalue weighted by Crippen LogP contribution is 2.27. The van der Waals surface area contributed by atoms with Crippen LogP contribution in [0.25, 0.3) is 0 Å². The van der Waals surface area contributed by atoms with E-state index in [4.69, 9.17) is 4.74 Å². The lowest BCUT2D eigenvalue weighted by atomic mass is 10.0. The van der Waals surface area contributed by atoms with E-state index in [1.807, 2.05) is 24.3 Å². The summed E-state index contributed by atoms with van der Waals surface area (Å²) in [6.45, 7) is 1.56. The molecule has 1 amide bonds. The number of aliphatic carboxylic acids is 1. The van der Waals surface area contributed by atoms with Gasteiger partial charge in [0.1, 0.15) is 6.61 Å². The lowest BCUT2D eigenvalue weighted by molar-refractivity contribution is -0.147. The zero-order chi connectivity index (χ0) is 13.3. The normalized spacial score (nSPS) is 23.0. The van der Waals surface area contributed by atoms with Gasteiger partial charge < -0.3 is 9.84 Å². The minimum Gasteiger partial charge on any atom is -0.479 e. The van der Waals surface area contributed by atoms with Gasteiger partial charge in [0.2, 0.25) is 0 Å². The lowest BCUT2D eigenvalue weighted by Gasteiger charge is -2.27. The number of cyclic esters (lactones) is 1. The van der Waals surface area contributed by atoms with Gasteiger partial charge in [0.15, 0.2) is 5.54 Å². The van der Waals surface area contributed by atoms with E-state index in [9.17, 15) is 14.7 Å². The van der Waals surface area contributed by atoms with Crippen molar-refractivity contribution in [1.82, 2.24) is 4.90 Å². The van der Waals surface area contributed by atoms with Crippen LogP contribution in [0.15, 0.2) is 28.7 Å². The number of amides is 1. The molecule has 1 aromatic rings. The predicted molar refractivity (Wildman–Crippen MR) is 67.1 cm³/mol. The molecule has 1 aliphatic heterocycles. The fourth-order valence-corrected chi connectivity index (χ4v) is 2.24. The Balaban J connectivity index is 2.26. The van der Waals surface area contributed by atoms with E-state index >= 15 is 0 Å². The molecule has 0 aromatic heterocycles. The van der Waals surface area contributed by atoms with Crippen LogP contribution < -0.4 is 0 Å². The third-order valence-corrected chi connectivity index (χ3v) is 3.48. The fraction of sp³-hybridized carbons (Fsp3) is 0.333. The van der Waals surface area contributed by atoms with Crippen LogP contribution in [-0.2, 0) is 16.1 Å². The van der Waals surface area contributed by atoms with E-state index in [0.717, 1.165) is 10.0 Å². The minimum atomic E-state index is -1.31. The lowest BCUT2D eigenvalue weighted by Crippen LogP contribution is -2.50. The van der Waals surface area contributed by atoms with Gasteiger partial charge in [0.25, 0.3) is 0 Å². The van der Waals surface area contributed by atoms with Crippen molar-refractivity contribution < 1.29 is 19.4 Å². The molecule has 1 fully saturated rings. The molecule has 1 aromatic carbocycles. The largest absolute Gasteiger partial charge is 0.479 e. The van der Waals surface area contributed by atoms with Gasteiger partial charge in [-0.3, -0.25) is 4.90 Å². The van der Waals surface area contributed by atoms with Gasteiger partial charge in [0, 0.05) is 4.47 Å². The van der Waals surface area contributed by atoms with Crippen molar-refractivity contribution in [3.63, 3.8) is 0 Å². The molecule has 1 saturated heterocycles. The van der Waals surface area contributed by atoms with E-state index in [-0.39, 0.29) is 13.2 Å². The van der Waals surface area contributed by atoms with Gasteiger partial charge in [-0.05, 0) is 24.6 Å². The first kappa shape index (κ1) is 12.9. The Labute approximate surface area is 112 Å². The first-order valence-electron chi connectivity index (χ1n) is 5.36. The molecule has 6 heteroatoms. The Morgan fingerprint density at radius 3 is 2.94 bits per heavy atom. The summed E-state index contributed by atoms with van der Waals surface area (Å²) in [5.41, 5.74) is -0.463. The number of carboxylic acid groups (broad SMARTS) is 1. The molecule has 0 aliphatic carbocycles. The minimum absolute atomic E-state index is 0.130. The third-order valence-electron chi connectivity index (χ3n) is 2.98. The second-order valence-electron chi connectivity index (χ2n) is 4.35. The quantitative estimate of drug-likeness (QED) is 0.929. The maximum Gasteiger partial charge on any atom is 0.411 e. The molecular formula is C12H12BrNO4. The second-order valence-corrected chi connectivity index (χ2v) is 5.27. The van der Waals surface area contributed by atoms with Crippen molar-refractivity contribution in [2.75, 3.05) is 6.61 Å². The van der Waals surface area contributed by atoms with Crippen LogP contribution in [-0.4, -0.2) is 34.2 Å². The average molecular weight is 314 g/mol. The fourth-order valence-electron chi connectivity index (χ4n) is 1.79. The molecular weight excluding hydrogens is 302 g/mol. The number of halogens is 1. The molecule has 2 rings (SSSR count). The number of hydrogen-bond acceptors (Lipinski definition) is 3. The molecule has 0 radical (unpaired) electrons. The number of rotatable bonds is 3. The van der Waals surface area contributed by atoms with Crippen molar-refractivity contribution in [3.05, 3.63) is 34.3 Å². The molecule has 1 heterocycles. The number of ether oxygens (including phenoxy) is 1. The standard InChI is InChI=1S/C12H12BrNO4/c1-12(10(15)16)7-18-11(17)14(12)6-8-3-2-4-9(13)5-8/h2-5H,6-7H2,1H3,(H,15,16). The monoisotopic (exact) mass is 313 g/mol. The molecule has 96 valence electrons. The summed E-state index contributed by atoms with van der Waals surface area (Å²) in [5.74, 6) is -1.07. The molecule has 1 atom stereocenters. The molecule has 18 heavy (non-hydrogen) atoms. The van der Waals surface area contributed by atoms with E-state index in [1.165, 1.54) is 11.8 Å². The third kappa shape index (κ3) is 2.20. The van der Waals surface area contributed by atoms with Crippen molar-refractivity contribution in [2.24, 2.45) is 0 Å². The van der Waals surface area contributed by atoms with Gasteiger partial charge in [-0.2, -0.15) is 0 Å². The molecule has 0 spiro atoms. The predicted octanol–water partition coefficient (Wildman–Crippen LogP) is 2.24. The molecule has 1 unspecified atom stereocenters. The van der Waals surface area contributed by atoms with Crippen molar-refractivity contribution >= 4 is 28.0 Å². The van der Waals surface area contributed by atoms with E-state index in [1.54, 1.807) is 0 Å². The zero-order valence-electron chi connectivity index (χ0n) is 9.72. The van der Waals surface area contributed by atoms with Crippen LogP contribution >= 0.6 is 15.9 Å². The van der Waals surface area contributed by atoms with Crippen molar-refractivity contribution in [2.45, 2.75) is 19.0 Å². The highest BCUT2D eigenvalue weighted by atomic mass is 79.9. The molecule has 5 nitrogen and oxygen atoms in total. The number of carbonyl (C=O) groups excluding carboxylic acids is 1. The Kier molecular flexibility index (Phi) is 3.30. The van der Waals surface area contributed by atoms with Crippen LogP contribution in [0.1, 0.15) is 12.5 Å². The second kappa shape index (κ2) is 4.61.